The van der Waals surface area contributed by atoms with Crippen LogP contribution in [-0.4, -0.2) is 32.0 Å². The molecule has 1 atom stereocenters. The summed E-state index contributed by atoms with van der Waals surface area (Å²) in [6.45, 7) is 6.65. The first-order valence-electron chi connectivity index (χ1n) is 6.82. The lowest BCUT2D eigenvalue weighted by atomic mass is 10.1. The summed E-state index contributed by atoms with van der Waals surface area (Å²) in [7, 11) is 1.65. The van der Waals surface area contributed by atoms with Crippen LogP contribution in [0.15, 0.2) is 18.2 Å². The first-order chi connectivity index (χ1) is 9.21. The van der Waals surface area contributed by atoms with Crippen LogP contribution in [0.1, 0.15) is 25.8 Å². The second-order valence-corrected chi connectivity index (χ2v) is 4.67. The second-order valence-electron chi connectivity index (χ2n) is 4.67. The van der Waals surface area contributed by atoms with Gasteiger partial charge in [0.15, 0.2) is 11.5 Å². The Morgan fingerprint density at radius 3 is 2.74 bits per heavy atom. The molecular weight excluding hydrogens is 242 g/mol. The minimum atomic E-state index is 0.250. The highest BCUT2D eigenvalue weighted by atomic mass is 16.5. The highest BCUT2D eigenvalue weighted by molar-refractivity contribution is 5.42. The molecule has 0 aliphatic carbocycles. The lowest BCUT2D eigenvalue weighted by molar-refractivity contribution is 0.260. The Labute approximate surface area is 115 Å². The van der Waals surface area contributed by atoms with Gasteiger partial charge in [0, 0.05) is 13.2 Å². The molecule has 0 aromatic heterocycles. The first-order valence-corrected chi connectivity index (χ1v) is 6.82. The molecule has 0 spiro atoms. The summed E-state index contributed by atoms with van der Waals surface area (Å²) in [6, 6.07) is 5.97. The van der Waals surface area contributed by atoms with Crippen molar-refractivity contribution in [3.8, 4) is 11.5 Å². The molecule has 0 aliphatic heterocycles. The summed E-state index contributed by atoms with van der Waals surface area (Å²) >= 11 is 0. The van der Waals surface area contributed by atoms with Crippen LogP contribution in [-0.2, 0) is 6.54 Å². The number of nitrogens with one attached hydrogen (secondary N) is 1. The standard InChI is InChI=1S/C15H25NO3/c1-4-19-14-6-5-13(9-15(14)18-3)11-16-10-12(2)7-8-17/h5-6,9,12,16-17H,4,7-8,10-11H2,1-3H3. The molecule has 0 fully saturated rings. The summed E-state index contributed by atoms with van der Waals surface area (Å²) < 4.78 is 10.8. The molecule has 19 heavy (non-hydrogen) atoms. The Hall–Kier alpha value is -1.26. The number of ether oxygens (including phenoxy) is 2. The van der Waals surface area contributed by atoms with E-state index in [0.29, 0.717) is 12.5 Å². The van der Waals surface area contributed by atoms with Crippen LogP contribution >= 0.6 is 0 Å². The van der Waals surface area contributed by atoms with Gasteiger partial charge in [0.2, 0.25) is 0 Å². The quantitative estimate of drug-likeness (QED) is 0.720. The smallest absolute Gasteiger partial charge is 0.161 e. The number of hydrogen-bond acceptors (Lipinski definition) is 4. The SMILES string of the molecule is CCOc1ccc(CNCC(C)CCO)cc1OC. The summed E-state index contributed by atoms with van der Waals surface area (Å²) in [5.41, 5.74) is 1.16. The van der Waals surface area contributed by atoms with Gasteiger partial charge in [-0.25, -0.2) is 0 Å². The van der Waals surface area contributed by atoms with Crippen molar-refractivity contribution in [1.82, 2.24) is 5.32 Å². The molecule has 0 bridgehead atoms. The topological polar surface area (TPSA) is 50.7 Å². The zero-order valence-electron chi connectivity index (χ0n) is 12.1. The van der Waals surface area contributed by atoms with Gasteiger partial charge in [-0.1, -0.05) is 13.0 Å². The fourth-order valence-electron chi connectivity index (χ4n) is 1.88. The van der Waals surface area contributed by atoms with Gasteiger partial charge in [0.25, 0.3) is 0 Å². The van der Waals surface area contributed by atoms with E-state index in [1.54, 1.807) is 7.11 Å². The van der Waals surface area contributed by atoms with Gasteiger partial charge < -0.3 is 19.9 Å². The summed E-state index contributed by atoms with van der Waals surface area (Å²) in [6.07, 6.45) is 0.833. The fraction of sp³-hybridized carbons (Fsp3) is 0.600. The molecule has 0 saturated heterocycles. The van der Waals surface area contributed by atoms with Gasteiger partial charge >= 0.3 is 0 Å². The molecule has 1 aromatic rings. The Bertz CT molecular complexity index is 368. The average Bonchev–Trinajstić information content (AvgIpc) is 2.41. The molecule has 1 unspecified atom stereocenters. The largest absolute Gasteiger partial charge is 0.493 e. The van der Waals surface area contributed by atoms with Crippen molar-refractivity contribution in [2.45, 2.75) is 26.8 Å². The molecule has 1 rings (SSSR count). The summed E-state index contributed by atoms with van der Waals surface area (Å²) in [5, 5.41) is 12.2. The van der Waals surface area contributed by atoms with E-state index in [1.807, 2.05) is 25.1 Å². The van der Waals surface area contributed by atoms with Gasteiger partial charge in [0.1, 0.15) is 0 Å². The van der Waals surface area contributed by atoms with Crippen LogP contribution in [0.3, 0.4) is 0 Å². The molecule has 4 nitrogen and oxygen atoms in total. The minimum absolute atomic E-state index is 0.250. The third kappa shape index (κ3) is 5.49. The molecule has 4 heteroatoms. The van der Waals surface area contributed by atoms with Crippen molar-refractivity contribution in [2.24, 2.45) is 5.92 Å². The van der Waals surface area contributed by atoms with Crippen LogP contribution in [0.4, 0.5) is 0 Å². The lowest BCUT2D eigenvalue weighted by Gasteiger charge is -2.13. The van der Waals surface area contributed by atoms with Gasteiger partial charge in [-0.3, -0.25) is 0 Å². The van der Waals surface area contributed by atoms with E-state index >= 15 is 0 Å². The minimum Gasteiger partial charge on any atom is -0.493 e. The van der Waals surface area contributed by atoms with Gasteiger partial charge in [-0.15, -0.1) is 0 Å². The maximum absolute atomic E-state index is 8.84. The molecule has 0 aliphatic rings. The molecular formula is C15H25NO3. The zero-order valence-corrected chi connectivity index (χ0v) is 12.1. The second kappa shape index (κ2) is 8.77. The third-order valence-corrected chi connectivity index (χ3v) is 2.97. The van der Waals surface area contributed by atoms with E-state index in [1.165, 1.54) is 0 Å². The number of rotatable bonds is 9. The van der Waals surface area contributed by atoms with E-state index in [9.17, 15) is 0 Å². The highest BCUT2D eigenvalue weighted by Crippen LogP contribution is 2.27. The Kier molecular flexibility index (Phi) is 7.30. The van der Waals surface area contributed by atoms with Crippen molar-refractivity contribution >= 4 is 0 Å². The third-order valence-electron chi connectivity index (χ3n) is 2.97. The number of aliphatic hydroxyl groups is 1. The predicted molar refractivity (Wildman–Crippen MR) is 76.7 cm³/mol. The van der Waals surface area contributed by atoms with Gasteiger partial charge in [-0.2, -0.15) is 0 Å². The van der Waals surface area contributed by atoms with Gasteiger partial charge in [-0.05, 0) is 43.5 Å². The van der Waals surface area contributed by atoms with Crippen molar-refractivity contribution in [1.29, 1.82) is 0 Å². The molecule has 0 heterocycles. The molecule has 0 saturated carbocycles. The number of aliphatic hydroxyl groups excluding tert-OH is 1. The molecule has 0 amide bonds. The fourth-order valence-corrected chi connectivity index (χ4v) is 1.88. The van der Waals surface area contributed by atoms with Crippen molar-refractivity contribution in [2.75, 3.05) is 26.9 Å². The van der Waals surface area contributed by atoms with Crippen LogP contribution < -0.4 is 14.8 Å². The van der Waals surface area contributed by atoms with E-state index in [-0.39, 0.29) is 6.61 Å². The van der Waals surface area contributed by atoms with E-state index in [0.717, 1.165) is 36.6 Å². The summed E-state index contributed by atoms with van der Waals surface area (Å²) in [4.78, 5) is 0. The first kappa shape index (κ1) is 15.8. The number of methoxy groups -OCH3 is 1. The highest BCUT2D eigenvalue weighted by Gasteiger charge is 2.06. The average molecular weight is 267 g/mol. The van der Waals surface area contributed by atoms with E-state index < -0.39 is 0 Å². The van der Waals surface area contributed by atoms with Crippen molar-refractivity contribution in [3.05, 3.63) is 23.8 Å². The number of hydrogen-bond donors (Lipinski definition) is 2. The zero-order chi connectivity index (χ0) is 14.1. The van der Waals surface area contributed by atoms with Crippen LogP contribution in [0.5, 0.6) is 11.5 Å². The van der Waals surface area contributed by atoms with E-state index in [2.05, 4.69) is 12.2 Å². The van der Waals surface area contributed by atoms with Crippen LogP contribution in [0.25, 0.3) is 0 Å². The molecule has 108 valence electrons. The predicted octanol–water partition coefficient (Wildman–Crippen LogP) is 2.20. The maximum atomic E-state index is 8.84. The molecule has 1 aromatic carbocycles. The van der Waals surface area contributed by atoms with Gasteiger partial charge in [0.05, 0.1) is 13.7 Å². The van der Waals surface area contributed by atoms with Crippen molar-refractivity contribution < 1.29 is 14.6 Å². The van der Waals surface area contributed by atoms with Crippen LogP contribution in [0, 0.1) is 5.92 Å². The lowest BCUT2D eigenvalue weighted by Crippen LogP contribution is -2.21. The Balaban J connectivity index is 2.50. The maximum Gasteiger partial charge on any atom is 0.161 e. The van der Waals surface area contributed by atoms with Crippen LogP contribution in [0.2, 0.25) is 0 Å². The Morgan fingerprint density at radius 2 is 2.11 bits per heavy atom. The molecule has 2 N–H and O–H groups in total. The summed E-state index contributed by atoms with van der Waals surface area (Å²) in [5.74, 6) is 2.03. The van der Waals surface area contributed by atoms with Crippen molar-refractivity contribution in [3.63, 3.8) is 0 Å². The van der Waals surface area contributed by atoms with E-state index in [4.69, 9.17) is 14.6 Å². The normalized spacial score (nSPS) is 12.2. The number of benzene rings is 1. The molecule has 0 radical (unpaired) electrons. The Morgan fingerprint density at radius 1 is 1.32 bits per heavy atom. The monoisotopic (exact) mass is 267 g/mol.